The number of aromatic carboxylic acids is 1. The van der Waals surface area contributed by atoms with Gasteiger partial charge in [-0.15, -0.1) is 0 Å². The molecular formula is C38H32Cl2N2O6S2. The van der Waals surface area contributed by atoms with Crippen molar-refractivity contribution in [3.63, 3.8) is 0 Å². The Morgan fingerprint density at radius 2 is 1.34 bits per heavy atom. The lowest BCUT2D eigenvalue weighted by atomic mass is 9.97. The zero-order valence-corrected chi connectivity index (χ0v) is 29.7. The summed E-state index contributed by atoms with van der Waals surface area (Å²) in [5.41, 5.74) is 4.17. The van der Waals surface area contributed by atoms with E-state index in [9.17, 15) is 26.7 Å². The fourth-order valence-electron chi connectivity index (χ4n) is 6.22. The third-order valence-electron chi connectivity index (χ3n) is 8.53. The molecule has 0 aliphatic carbocycles. The monoisotopic (exact) mass is 746 g/mol. The first-order valence-corrected chi connectivity index (χ1v) is 19.6. The average Bonchev–Trinajstić information content (AvgIpc) is 3.40. The van der Waals surface area contributed by atoms with Gasteiger partial charge in [0.15, 0.2) is 9.84 Å². The van der Waals surface area contributed by atoms with Crippen LogP contribution in [-0.4, -0.2) is 44.8 Å². The highest BCUT2D eigenvalue weighted by Crippen LogP contribution is 2.38. The highest BCUT2D eigenvalue weighted by molar-refractivity contribution is 7.91. The predicted molar refractivity (Wildman–Crippen MR) is 197 cm³/mol. The highest BCUT2D eigenvalue weighted by atomic mass is 35.5. The van der Waals surface area contributed by atoms with E-state index < -0.39 is 25.8 Å². The number of hydrogen-bond acceptors (Lipinski definition) is 5. The average molecular weight is 748 g/mol. The van der Waals surface area contributed by atoms with Crippen molar-refractivity contribution in [2.45, 2.75) is 28.7 Å². The summed E-state index contributed by atoms with van der Waals surface area (Å²) >= 11 is 12.8. The SMILES string of the molecule is O=C(O)c1ccc(S(=O)(=O)CCc2c(CCNS(=O)(=O)c3ccccc3Cl)n(C(c3ccccc3)c3ccccc3)c3ccc(Cl)cc23)cc1. The van der Waals surface area contributed by atoms with Gasteiger partial charge in [-0.1, -0.05) is 96.0 Å². The first-order valence-electron chi connectivity index (χ1n) is 15.7. The van der Waals surface area contributed by atoms with Crippen LogP contribution in [0.25, 0.3) is 10.9 Å². The molecule has 0 amide bonds. The molecule has 256 valence electrons. The number of halogens is 2. The number of carboxylic acid groups (broad SMARTS) is 1. The van der Waals surface area contributed by atoms with Gasteiger partial charge in [0.1, 0.15) is 4.90 Å². The molecule has 0 bridgehead atoms. The van der Waals surface area contributed by atoms with Crippen LogP contribution in [0.2, 0.25) is 10.0 Å². The number of benzene rings is 5. The number of sulfone groups is 1. The van der Waals surface area contributed by atoms with E-state index in [2.05, 4.69) is 9.29 Å². The van der Waals surface area contributed by atoms with E-state index in [1.165, 1.54) is 36.4 Å². The molecule has 1 aromatic heterocycles. The van der Waals surface area contributed by atoms with Crippen molar-refractivity contribution >= 4 is 59.9 Å². The standard InChI is InChI=1S/C38H32Cl2N2O6S2/c39-29-17-20-34-32(25-29)31(22-24-49(45,46)30-18-15-28(16-19-30)38(43)44)35(21-23-41-50(47,48)36-14-8-7-13-33(36)40)42(34)37(26-9-3-1-4-10-26)27-11-5-2-6-12-27/h1-20,25,37,41H,21-24H2,(H,43,44). The number of nitrogens with zero attached hydrogens (tertiary/aromatic N) is 1. The number of sulfonamides is 1. The van der Waals surface area contributed by atoms with E-state index >= 15 is 0 Å². The highest BCUT2D eigenvalue weighted by Gasteiger charge is 2.27. The summed E-state index contributed by atoms with van der Waals surface area (Å²) in [5, 5.41) is 10.6. The summed E-state index contributed by atoms with van der Waals surface area (Å²) < 4.78 is 58.8. The third kappa shape index (κ3) is 7.50. The second kappa shape index (κ2) is 14.8. The summed E-state index contributed by atoms with van der Waals surface area (Å²) in [4.78, 5) is 11.3. The molecule has 2 N–H and O–H groups in total. The molecule has 8 nitrogen and oxygen atoms in total. The van der Waals surface area contributed by atoms with E-state index in [4.69, 9.17) is 23.2 Å². The third-order valence-corrected chi connectivity index (χ3v) is 12.5. The molecule has 0 aliphatic rings. The number of carboxylic acids is 1. The normalized spacial score (nSPS) is 12.1. The van der Waals surface area contributed by atoms with Crippen LogP contribution in [0.4, 0.5) is 0 Å². The quantitative estimate of drug-likeness (QED) is 0.124. The lowest BCUT2D eigenvalue weighted by molar-refractivity contribution is 0.0696. The van der Waals surface area contributed by atoms with Crippen molar-refractivity contribution < 1.29 is 26.7 Å². The lowest BCUT2D eigenvalue weighted by Gasteiger charge is -2.25. The molecule has 5 aromatic carbocycles. The maximum absolute atomic E-state index is 13.6. The molecule has 12 heteroatoms. The second-order valence-electron chi connectivity index (χ2n) is 11.7. The maximum Gasteiger partial charge on any atom is 0.335 e. The molecule has 0 fully saturated rings. The Bertz CT molecular complexity index is 2340. The van der Waals surface area contributed by atoms with Gasteiger partial charge in [0, 0.05) is 34.6 Å². The molecule has 6 rings (SSSR count). The number of rotatable bonds is 13. The largest absolute Gasteiger partial charge is 0.478 e. The van der Waals surface area contributed by atoms with Crippen LogP contribution in [0, 0.1) is 0 Å². The molecule has 0 radical (unpaired) electrons. The molecular weight excluding hydrogens is 715 g/mol. The molecule has 0 saturated heterocycles. The van der Waals surface area contributed by atoms with Gasteiger partial charge < -0.3 is 9.67 Å². The minimum atomic E-state index is -3.98. The maximum atomic E-state index is 13.6. The van der Waals surface area contributed by atoms with E-state index in [-0.39, 0.29) is 51.6 Å². The minimum absolute atomic E-state index is 0.00441. The van der Waals surface area contributed by atoms with E-state index in [0.29, 0.717) is 10.6 Å². The second-order valence-corrected chi connectivity index (χ2v) is 16.3. The van der Waals surface area contributed by atoms with Crippen LogP contribution in [0.3, 0.4) is 0 Å². The van der Waals surface area contributed by atoms with Gasteiger partial charge in [-0.3, -0.25) is 0 Å². The van der Waals surface area contributed by atoms with E-state index in [1.54, 1.807) is 24.3 Å². The van der Waals surface area contributed by atoms with Gasteiger partial charge in [0.05, 0.1) is 27.3 Å². The Morgan fingerprint density at radius 3 is 1.94 bits per heavy atom. The molecule has 0 atom stereocenters. The van der Waals surface area contributed by atoms with Crippen LogP contribution in [-0.2, 0) is 32.7 Å². The fraction of sp³-hybridized carbons (Fsp3) is 0.132. The molecule has 0 spiro atoms. The summed E-state index contributed by atoms with van der Waals surface area (Å²) in [6.45, 7) is -0.00961. The Hall–Kier alpha value is -4.45. The van der Waals surface area contributed by atoms with Crippen LogP contribution < -0.4 is 4.72 Å². The molecule has 1 heterocycles. The van der Waals surface area contributed by atoms with E-state index in [1.807, 2.05) is 66.7 Å². The Morgan fingerprint density at radius 1 is 0.740 bits per heavy atom. The number of aromatic nitrogens is 1. The van der Waals surface area contributed by atoms with Crippen LogP contribution in [0.5, 0.6) is 0 Å². The zero-order chi connectivity index (χ0) is 35.5. The van der Waals surface area contributed by atoms with Gasteiger partial charge in [-0.25, -0.2) is 26.4 Å². The van der Waals surface area contributed by atoms with Crippen molar-refractivity contribution in [1.82, 2.24) is 9.29 Å². The van der Waals surface area contributed by atoms with Crippen LogP contribution >= 0.6 is 23.2 Å². The number of hydrogen-bond donors (Lipinski definition) is 2. The molecule has 6 aromatic rings. The van der Waals surface area contributed by atoms with Crippen molar-refractivity contribution in [1.29, 1.82) is 0 Å². The lowest BCUT2D eigenvalue weighted by Crippen LogP contribution is -2.27. The van der Waals surface area contributed by atoms with Gasteiger partial charge in [0.2, 0.25) is 10.0 Å². The number of fused-ring (bicyclic) bond motifs is 1. The topological polar surface area (TPSA) is 123 Å². The summed E-state index contributed by atoms with van der Waals surface area (Å²) in [6.07, 6.45) is 0.282. The number of aryl methyl sites for hydroxylation is 1. The molecule has 0 unspecified atom stereocenters. The van der Waals surface area contributed by atoms with Crippen molar-refractivity contribution in [3.05, 3.63) is 165 Å². The summed E-state index contributed by atoms with van der Waals surface area (Å²) in [7, 11) is -7.84. The summed E-state index contributed by atoms with van der Waals surface area (Å²) in [6, 6.07) is 36.2. The van der Waals surface area contributed by atoms with Gasteiger partial charge >= 0.3 is 5.97 Å². The predicted octanol–water partition coefficient (Wildman–Crippen LogP) is 7.82. The summed E-state index contributed by atoms with van der Waals surface area (Å²) in [5.74, 6) is -1.44. The van der Waals surface area contributed by atoms with Gasteiger partial charge in [0.25, 0.3) is 0 Å². The molecule has 50 heavy (non-hydrogen) atoms. The molecule has 0 saturated carbocycles. The molecule has 0 aliphatic heterocycles. The Labute approximate surface area is 300 Å². The van der Waals surface area contributed by atoms with Crippen molar-refractivity contribution in [2.24, 2.45) is 0 Å². The zero-order valence-electron chi connectivity index (χ0n) is 26.5. The van der Waals surface area contributed by atoms with Gasteiger partial charge in [-0.05, 0) is 77.7 Å². The fourth-order valence-corrected chi connectivity index (χ4v) is 9.20. The van der Waals surface area contributed by atoms with Crippen molar-refractivity contribution in [2.75, 3.05) is 12.3 Å². The number of nitrogens with one attached hydrogen (secondary N) is 1. The smallest absolute Gasteiger partial charge is 0.335 e. The van der Waals surface area contributed by atoms with Crippen LogP contribution in [0.1, 0.15) is 38.8 Å². The minimum Gasteiger partial charge on any atom is -0.478 e. The van der Waals surface area contributed by atoms with Crippen LogP contribution in [0.15, 0.2) is 137 Å². The van der Waals surface area contributed by atoms with E-state index in [0.717, 1.165) is 27.7 Å². The van der Waals surface area contributed by atoms with Gasteiger partial charge in [-0.2, -0.15) is 0 Å². The first-order chi connectivity index (χ1) is 24.0. The Balaban J connectivity index is 1.49. The first kappa shape index (κ1) is 35.4. The number of carbonyl (C=O) groups is 1. The van der Waals surface area contributed by atoms with Crippen molar-refractivity contribution in [3.8, 4) is 0 Å². The Kier molecular flexibility index (Phi) is 10.5.